The zero-order valence-corrected chi connectivity index (χ0v) is 15.0. The minimum absolute atomic E-state index is 0.254. The molecule has 0 fully saturated rings. The third-order valence-electron chi connectivity index (χ3n) is 3.45. The average Bonchev–Trinajstić information content (AvgIpc) is 2.52. The van der Waals surface area contributed by atoms with Crippen molar-refractivity contribution in [3.05, 3.63) is 18.2 Å². The minimum Gasteiger partial charge on any atom is -0.493 e. The molecule has 0 aliphatic carbocycles. The first kappa shape index (κ1) is 19.1. The second-order valence-corrected chi connectivity index (χ2v) is 6.78. The lowest BCUT2D eigenvalue weighted by Gasteiger charge is -2.26. The Bertz CT molecular complexity index is 641. The largest absolute Gasteiger partial charge is 0.493 e. The highest BCUT2D eigenvalue weighted by atomic mass is 32.2. The number of hydrogen-bond donors (Lipinski definition) is 0. The van der Waals surface area contributed by atoms with E-state index in [4.69, 9.17) is 9.47 Å². The summed E-state index contributed by atoms with van der Waals surface area (Å²) >= 11 is 0. The molecule has 1 amide bonds. The molecule has 0 atom stereocenters. The SMILES string of the molecule is CCN(CC)C(=O)CN(c1ccc(OC)c(OC)c1)S(C)(=O)=O. The van der Waals surface area contributed by atoms with Gasteiger partial charge in [-0.3, -0.25) is 9.10 Å². The number of benzene rings is 1. The molecule has 130 valence electrons. The Morgan fingerprint density at radius 2 is 1.65 bits per heavy atom. The van der Waals surface area contributed by atoms with Crippen LogP contribution in [0, 0.1) is 0 Å². The minimum atomic E-state index is -3.62. The van der Waals surface area contributed by atoms with Crippen LogP contribution in [0.4, 0.5) is 5.69 Å². The molecular weight excluding hydrogens is 320 g/mol. The highest BCUT2D eigenvalue weighted by molar-refractivity contribution is 7.92. The van der Waals surface area contributed by atoms with Crippen molar-refractivity contribution < 1.29 is 22.7 Å². The Morgan fingerprint density at radius 3 is 2.09 bits per heavy atom. The topological polar surface area (TPSA) is 76.2 Å². The summed E-state index contributed by atoms with van der Waals surface area (Å²) in [4.78, 5) is 13.9. The first-order valence-corrected chi connectivity index (χ1v) is 9.10. The van der Waals surface area contributed by atoms with Gasteiger partial charge in [0, 0.05) is 19.2 Å². The number of anilines is 1. The fraction of sp³-hybridized carbons (Fsp3) is 0.533. The van der Waals surface area contributed by atoms with Crippen LogP contribution in [0.25, 0.3) is 0 Å². The Hall–Kier alpha value is -1.96. The lowest BCUT2D eigenvalue weighted by Crippen LogP contribution is -2.42. The quantitative estimate of drug-likeness (QED) is 0.711. The number of carbonyl (C=O) groups excluding carboxylic acids is 1. The van der Waals surface area contributed by atoms with E-state index in [1.54, 1.807) is 17.0 Å². The molecule has 0 saturated carbocycles. The van der Waals surface area contributed by atoms with Crippen molar-refractivity contribution in [1.82, 2.24) is 4.90 Å². The number of sulfonamides is 1. The van der Waals surface area contributed by atoms with Crippen molar-refractivity contribution in [3.63, 3.8) is 0 Å². The van der Waals surface area contributed by atoms with Gasteiger partial charge in [0.2, 0.25) is 15.9 Å². The van der Waals surface area contributed by atoms with Gasteiger partial charge in [-0.25, -0.2) is 8.42 Å². The van der Waals surface area contributed by atoms with E-state index in [0.717, 1.165) is 10.6 Å². The highest BCUT2D eigenvalue weighted by Crippen LogP contribution is 2.32. The first-order valence-electron chi connectivity index (χ1n) is 7.25. The van der Waals surface area contributed by atoms with Gasteiger partial charge in [-0.1, -0.05) is 0 Å². The molecule has 0 bridgehead atoms. The van der Waals surface area contributed by atoms with E-state index in [9.17, 15) is 13.2 Å². The molecule has 0 spiro atoms. The van der Waals surface area contributed by atoms with Gasteiger partial charge in [0.05, 0.1) is 26.2 Å². The molecule has 0 aromatic heterocycles. The monoisotopic (exact) mass is 344 g/mol. The fourth-order valence-corrected chi connectivity index (χ4v) is 3.02. The fourth-order valence-electron chi connectivity index (χ4n) is 2.18. The van der Waals surface area contributed by atoms with Crippen LogP contribution in [0.2, 0.25) is 0 Å². The van der Waals surface area contributed by atoms with Crippen molar-refractivity contribution in [3.8, 4) is 11.5 Å². The van der Waals surface area contributed by atoms with E-state index in [0.29, 0.717) is 30.3 Å². The molecule has 1 aromatic carbocycles. The molecule has 0 unspecified atom stereocenters. The van der Waals surface area contributed by atoms with E-state index in [1.165, 1.54) is 20.3 Å². The number of hydrogen-bond acceptors (Lipinski definition) is 5. The molecular formula is C15H24N2O5S. The van der Waals surface area contributed by atoms with Gasteiger partial charge >= 0.3 is 0 Å². The van der Waals surface area contributed by atoms with Crippen molar-refractivity contribution in [1.29, 1.82) is 0 Å². The Labute approximate surface area is 137 Å². The summed E-state index contributed by atoms with van der Waals surface area (Å²) < 4.78 is 35.6. The molecule has 23 heavy (non-hydrogen) atoms. The van der Waals surface area contributed by atoms with E-state index < -0.39 is 10.0 Å². The Morgan fingerprint density at radius 1 is 1.09 bits per heavy atom. The van der Waals surface area contributed by atoms with Gasteiger partial charge in [-0.05, 0) is 26.0 Å². The van der Waals surface area contributed by atoms with Gasteiger partial charge in [-0.2, -0.15) is 0 Å². The predicted molar refractivity (Wildman–Crippen MR) is 89.7 cm³/mol. The smallest absolute Gasteiger partial charge is 0.243 e. The van der Waals surface area contributed by atoms with Crippen LogP contribution in [0.3, 0.4) is 0 Å². The molecule has 0 saturated heterocycles. The maximum atomic E-state index is 12.3. The number of nitrogens with zero attached hydrogens (tertiary/aromatic N) is 2. The summed E-state index contributed by atoms with van der Waals surface area (Å²) in [5, 5.41) is 0. The second-order valence-electron chi connectivity index (χ2n) is 4.87. The van der Waals surface area contributed by atoms with Crippen LogP contribution in [0.1, 0.15) is 13.8 Å². The van der Waals surface area contributed by atoms with Crippen LogP contribution < -0.4 is 13.8 Å². The molecule has 1 rings (SSSR count). The number of carbonyl (C=O) groups is 1. The number of methoxy groups -OCH3 is 2. The zero-order chi connectivity index (χ0) is 17.6. The molecule has 8 heteroatoms. The molecule has 0 aliphatic rings. The van der Waals surface area contributed by atoms with Gasteiger partial charge in [0.25, 0.3) is 0 Å². The third kappa shape index (κ3) is 4.75. The van der Waals surface area contributed by atoms with Crippen molar-refractivity contribution in [2.75, 3.05) is 44.4 Å². The number of amides is 1. The number of rotatable bonds is 8. The standard InChI is InChI=1S/C15H24N2O5S/c1-6-16(7-2)15(18)11-17(23(5,19)20)12-8-9-13(21-3)14(10-12)22-4/h8-10H,6-7,11H2,1-5H3. The summed E-state index contributed by atoms with van der Waals surface area (Å²) in [6.45, 7) is 4.50. The first-order chi connectivity index (χ1) is 10.8. The normalized spacial score (nSPS) is 11.0. The van der Waals surface area contributed by atoms with E-state index in [2.05, 4.69) is 0 Å². The molecule has 1 aromatic rings. The maximum absolute atomic E-state index is 12.3. The van der Waals surface area contributed by atoms with Crippen LogP contribution >= 0.6 is 0 Å². The van der Waals surface area contributed by atoms with Crippen LogP contribution in [-0.2, 0) is 14.8 Å². The summed E-state index contributed by atoms with van der Waals surface area (Å²) in [7, 11) is -0.657. The van der Waals surface area contributed by atoms with Gasteiger partial charge in [0.15, 0.2) is 11.5 Å². The van der Waals surface area contributed by atoms with Crippen molar-refractivity contribution in [2.45, 2.75) is 13.8 Å². The average molecular weight is 344 g/mol. The van der Waals surface area contributed by atoms with Gasteiger partial charge in [-0.15, -0.1) is 0 Å². The van der Waals surface area contributed by atoms with E-state index >= 15 is 0 Å². The van der Waals surface area contributed by atoms with Crippen LogP contribution in [-0.4, -0.2) is 59.3 Å². The lowest BCUT2D eigenvalue weighted by molar-refractivity contribution is -0.129. The third-order valence-corrected chi connectivity index (χ3v) is 4.59. The van der Waals surface area contributed by atoms with Crippen molar-refractivity contribution in [2.24, 2.45) is 0 Å². The summed E-state index contributed by atoms with van der Waals surface area (Å²) in [6, 6.07) is 4.72. The van der Waals surface area contributed by atoms with Crippen molar-refractivity contribution >= 4 is 21.6 Å². The number of likely N-dealkylation sites (N-methyl/N-ethyl adjacent to an activating group) is 1. The lowest BCUT2D eigenvalue weighted by atomic mass is 10.2. The maximum Gasteiger partial charge on any atom is 0.243 e. The Balaban J connectivity index is 3.21. The molecule has 0 radical (unpaired) electrons. The van der Waals surface area contributed by atoms with Gasteiger partial charge < -0.3 is 14.4 Å². The zero-order valence-electron chi connectivity index (χ0n) is 14.2. The van der Waals surface area contributed by atoms with Gasteiger partial charge in [0.1, 0.15) is 6.54 Å². The predicted octanol–water partition coefficient (Wildman–Crippen LogP) is 1.34. The van der Waals surface area contributed by atoms with E-state index in [1.807, 2.05) is 13.8 Å². The molecule has 0 N–H and O–H groups in total. The summed E-state index contributed by atoms with van der Waals surface area (Å²) in [6.07, 6.45) is 1.07. The highest BCUT2D eigenvalue weighted by Gasteiger charge is 2.24. The summed E-state index contributed by atoms with van der Waals surface area (Å²) in [5.74, 6) is 0.629. The van der Waals surface area contributed by atoms with E-state index in [-0.39, 0.29) is 12.5 Å². The number of ether oxygens (including phenoxy) is 2. The molecule has 0 heterocycles. The van der Waals surface area contributed by atoms with Crippen LogP contribution in [0.5, 0.6) is 11.5 Å². The molecule has 0 aliphatic heterocycles. The van der Waals surface area contributed by atoms with Crippen LogP contribution in [0.15, 0.2) is 18.2 Å². The summed E-state index contributed by atoms with van der Waals surface area (Å²) in [5.41, 5.74) is 0.352. The Kier molecular flexibility index (Phi) is 6.68. The molecule has 7 nitrogen and oxygen atoms in total. The second kappa shape index (κ2) is 8.05.